The van der Waals surface area contributed by atoms with Crippen LogP contribution in [0.1, 0.15) is 56.0 Å². The number of carbonyl (C=O) groups is 3. The summed E-state index contributed by atoms with van der Waals surface area (Å²) >= 11 is 0. The third-order valence-electron chi connectivity index (χ3n) is 7.68. The molecule has 40 heavy (non-hydrogen) atoms. The maximum Gasteiger partial charge on any atom is 0.411 e. The van der Waals surface area contributed by atoms with Gasteiger partial charge in [-0.25, -0.2) is 9.59 Å². The molecule has 1 aliphatic carbocycles. The van der Waals surface area contributed by atoms with Crippen LogP contribution in [0.2, 0.25) is 0 Å². The molecule has 0 spiro atoms. The summed E-state index contributed by atoms with van der Waals surface area (Å²) in [7, 11) is 1.31. The average molecular weight is 545 g/mol. The molecule has 2 amide bonds. The second kappa shape index (κ2) is 10.3. The molecule has 208 valence electrons. The molecule has 0 radical (unpaired) electrons. The molecule has 3 aromatic rings. The average Bonchev–Trinajstić information content (AvgIpc) is 3.53. The lowest BCUT2D eigenvalue weighted by Crippen LogP contribution is -2.55. The molecular formula is C30H32N4O6. The van der Waals surface area contributed by atoms with Crippen molar-refractivity contribution in [1.82, 2.24) is 15.2 Å². The molecule has 10 heteroatoms. The van der Waals surface area contributed by atoms with Crippen molar-refractivity contribution in [1.29, 1.82) is 5.26 Å². The lowest BCUT2D eigenvalue weighted by molar-refractivity contribution is -0.128. The molecule has 1 saturated heterocycles. The number of aromatic nitrogens is 1. The largest absolute Gasteiger partial charge is 0.465 e. The maximum atomic E-state index is 13.4. The fraction of sp³-hybridized carbons (Fsp3) is 0.433. The first-order valence-corrected chi connectivity index (χ1v) is 13.4. The number of rotatable bonds is 5. The predicted molar refractivity (Wildman–Crippen MR) is 148 cm³/mol. The van der Waals surface area contributed by atoms with Gasteiger partial charge < -0.3 is 19.8 Å². The van der Waals surface area contributed by atoms with Crippen LogP contribution in [0, 0.1) is 17.2 Å². The normalized spacial score (nSPS) is 20.8. The number of nitrogens with zero attached hydrogens (tertiary/aromatic N) is 2. The number of H-pyrrole nitrogens is 1. The van der Waals surface area contributed by atoms with Crippen LogP contribution >= 0.6 is 0 Å². The molecule has 4 atom stereocenters. The number of aromatic amines is 1. The monoisotopic (exact) mass is 544 g/mol. The number of hydrogen-bond acceptors (Lipinski definition) is 7. The summed E-state index contributed by atoms with van der Waals surface area (Å²) in [4.78, 5) is 55.6. The van der Waals surface area contributed by atoms with E-state index in [1.807, 2.05) is 0 Å². The Morgan fingerprint density at radius 2 is 1.90 bits per heavy atom. The summed E-state index contributed by atoms with van der Waals surface area (Å²) < 4.78 is 10.4. The van der Waals surface area contributed by atoms with E-state index in [0.717, 1.165) is 19.3 Å². The van der Waals surface area contributed by atoms with Gasteiger partial charge in [0.05, 0.1) is 18.7 Å². The van der Waals surface area contributed by atoms with Crippen LogP contribution in [0.4, 0.5) is 4.79 Å². The van der Waals surface area contributed by atoms with Crippen LogP contribution in [-0.2, 0) is 20.7 Å². The minimum absolute atomic E-state index is 0.0271. The van der Waals surface area contributed by atoms with E-state index in [4.69, 9.17) is 9.47 Å². The molecule has 2 N–H and O–H groups in total. The molecule has 10 nitrogen and oxygen atoms in total. The zero-order valence-electron chi connectivity index (χ0n) is 22.9. The van der Waals surface area contributed by atoms with Crippen molar-refractivity contribution in [3.8, 4) is 6.07 Å². The van der Waals surface area contributed by atoms with Gasteiger partial charge >= 0.3 is 12.1 Å². The molecule has 2 aliphatic rings. The minimum Gasteiger partial charge on any atom is -0.465 e. The number of fused-ring (bicyclic) bond motifs is 5. The van der Waals surface area contributed by atoms with E-state index in [0.29, 0.717) is 32.8 Å². The Hall–Kier alpha value is -4.39. The van der Waals surface area contributed by atoms with Crippen LogP contribution in [0.5, 0.6) is 0 Å². The van der Waals surface area contributed by atoms with Crippen LogP contribution < -0.4 is 10.9 Å². The van der Waals surface area contributed by atoms with Crippen LogP contribution in [0.15, 0.2) is 41.2 Å². The quantitative estimate of drug-likeness (QED) is 0.367. The van der Waals surface area contributed by atoms with Gasteiger partial charge in [0.1, 0.15) is 17.7 Å². The number of amides is 2. The van der Waals surface area contributed by atoms with Crippen LogP contribution in [0.25, 0.3) is 21.7 Å². The Labute approximate surface area is 231 Å². The van der Waals surface area contributed by atoms with E-state index in [9.17, 15) is 24.4 Å². The molecular weight excluding hydrogens is 512 g/mol. The molecule has 4 unspecified atom stereocenters. The van der Waals surface area contributed by atoms with Crippen molar-refractivity contribution in [2.24, 2.45) is 5.92 Å². The molecule has 1 aliphatic heterocycles. The van der Waals surface area contributed by atoms with Crippen molar-refractivity contribution in [2.45, 2.75) is 70.2 Å². The molecule has 1 aromatic heterocycles. The van der Waals surface area contributed by atoms with Gasteiger partial charge in [0.2, 0.25) is 5.91 Å². The zero-order chi connectivity index (χ0) is 28.8. The standard InChI is InChI=1S/C30H32N4O6/c1-30(2,3)40-29(38)34-20-8-6-17(13-20)25(34)27(36)32-19(15-31)11-16-5-9-21-22-14-18(28(37)39-4)7-10-24(22)33-26(35)23(21)12-16/h5,7,9-10,12,14,17,19-20,25H,6,8,11,13H2,1-4H3,(H,32,36)(H,33,35). The molecule has 1 saturated carbocycles. The number of esters is 1. The van der Waals surface area contributed by atoms with Gasteiger partial charge in [-0.3, -0.25) is 14.5 Å². The number of methoxy groups -OCH3 is 1. The molecule has 2 bridgehead atoms. The first-order valence-electron chi connectivity index (χ1n) is 13.4. The number of pyridine rings is 1. The summed E-state index contributed by atoms with van der Waals surface area (Å²) in [6, 6.07) is 10.7. The van der Waals surface area contributed by atoms with Gasteiger partial charge in [0.25, 0.3) is 5.56 Å². The molecule has 2 fully saturated rings. The molecule has 2 aromatic carbocycles. The highest BCUT2D eigenvalue weighted by Crippen LogP contribution is 2.43. The van der Waals surface area contributed by atoms with Crippen molar-refractivity contribution in [2.75, 3.05) is 7.11 Å². The Kier molecular flexibility index (Phi) is 7.00. The first-order chi connectivity index (χ1) is 19.0. The summed E-state index contributed by atoms with van der Waals surface area (Å²) in [6.07, 6.45) is 2.08. The highest BCUT2D eigenvalue weighted by atomic mass is 16.6. The van der Waals surface area contributed by atoms with Gasteiger partial charge in [-0.15, -0.1) is 0 Å². The Bertz CT molecular complexity index is 1610. The highest BCUT2D eigenvalue weighted by molar-refractivity contribution is 6.07. The van der Waals surface area contributed by atoms with E-state index in [2.05, 4.69) is 16.4 Å². The van der Waals surface area contributed by atoms with E-state index in [-0.39, 0.29) is 29.8 Å². The van der Waals surface area contributed by atoms with Gasteiger partial charge in [-0.1, -0.05) is 12.1 Å². The number of likely N-dealkylation sites (tertiary alicyclic amines) is 1. The number of hydrogen-bond donors (Lipinski definition) is 2. The summed E-state index contributed by atoms with van der Waals surface area (Å²) in [5, 5.41) is 14.4. The van der Waals surface area contributed by atoms with Gasteiger partial charge in [0, 0.05) is 28.8 Å². The Balaban J connectivity index is 1.37. The van der Waals surface area contributed by atoms with Crippen molar-refractivity contribution >= 4 is 39.6 Å². The fourth-order valence-corrected chi connectivity index (χ4v) is 5.98. The first kappa shape index (κ1) is 27.2. The maximum absolute atomic E-state index is 13.4. The van der Waals surface area contributed by atoms with Crippen molar-refractivity contribution in [3.05, 3.63) is 57.9 Å². The lowest BCUT2D eigenvalue weighted by atomic mass is 9.96. The third kappa shape index (κ3) is 5.11. The number of nitrogens with one attached hydrogen (secondary N) is 2. The van der Waals surface area contributed by atoms with E-state index in [1.54, 1.807) is 62.1 Å². The molecule has 2 heterocycles. The van der Waals surface area contributed by atoms with Gasteiger partial charge in [-0.05, 0) is 81.2 Å². The number of piperidine rings is 1. The number of carbonyl (C=O) groups excluding carboxylic acids is 3. The summed E-state index contributed by atoms with van der Waals surface area (Å²) in [6.45, 7) is 5.36. The SMILES string of the molecule is COC(=O)c1ccc2[nH]c(=O)c3cc(CC(C#N)NC(=O)C4C5CCC(C5)N4C(=O)OC(C)(C)C)ccc3c2c1. The Morgan fingerprint density at radius 1 is 1.12 bits per heavy atom. The lowest BCUT2D eigenvalue weighted by Gasteiger charge is -2.35. The smallest absolute Gasteiger partial charge is 0.411 e. The second-order valence-electron chi connectivity index (χ2n) is 11.5. The fourth-order valence-electron chi connectivity index (χ4n) is 5.98. The highest BCUT2D eigenvalue weighted by Gasteiger charge is 2.52. The predicted octanol–water partition coefficient (Wildman–Crippen LogP) is 3.81. The van der Waals surface area contributed by atoms with Crippen molar-refractivity contribution < 1.29 is 23.9 Å². The number of ether oxygens (including phenoxy) is 2. The number of benzene rings is 2. The Morgan fingerprint density at radius 3 is 2.60 bits per heavy atom. The van der Waals surface area contributed by atoms with Crippen LogP contribution in [-0.4, -0.2) is 58.7 Å². The van der Waals surface area contributed by atoms with Crippen LogP contribution in [0.3, 0.4) is 0 Å². The third-order valence-corrected chi connectivity index (χ3v) is 7.68. The summed E-state index contributed by atoms with van der Waals surface area (Å²) in [5.74, 6) is -0.824. The van der Waals surface area contributed by atoms with Gasteiger partial charge in [-0.2, -0.15) is 5.26 Å². The van der Waals surface area contributed by atoms with E-state index in [1.165, 1.54) is 7.11 Å². The van der Waals surface area contributed by atoms with Gasteiger partial charge in [0.15, 0.2) is 0 Å². The minimum atomic E-state index is -0.866. The second-order valence-corrected chi connectivity index (χ2v) is 11.5. The van der Waals surface area contributed by atoms with E-state index < -0.39 is 29.7 Å². The van der Waals surface area contributed by atoms with E-state index >= 15 is 0 Å². The molecule has 5 rings (SSSR count). The van der Waals surface area contributed by atoms with Crippen molar-refractivity contribution in [3.63, 3.8) is 0 Å². The summed E-state index contributed by atoms with van der Waals surface area (Å²) in [5.41, 5.74) is 0.643. The number of nitriles is 1. The zero-order valence-corrected chi connectivity index (χ0v) is 22.9. The topological polar surface area (TPSA) is 142 Å².